The van der Waals surface area contributed by atoms with Crippen molar-refractivity contribution in [2.24, 2.45) is 5.92 Å². The lowest BCUT2D eigenvalue weighted by molar-refractivity contribution is -0.132. The zero-order valence-corrected chi connectivity index (χ0v) is 13.3. The molecule has 0 unspecified atom stereocenters. The molecule has 3 heterocycles. The van der Waals surface area contributed by atoms with Crippen LogP contribution in [0.3, 0.4) is 0 Å². The SMILES string of the molecule is Cc1cc(=O)n(CC(=O)N2CC[C@H]3CNC[C@H]32)c2ccccc12. The summed E-state index contributed by atoms with van der Waals surface area (Å²) in [5.41, 5.74) is 1.69. The molecule has 1 N–H and O–H groups in total. The van der Waals surface area contributed by atoms with E-state index in [1.807, 2.05) is 36.1 Å². The van der Waals surface area contributed by atoms with Gasteiger partial charge in [-0.15, -0.1) is 0 Å². The summed E-state index contributed by atoms with van der Waals surface area (Å²) < 4.78 is 1.61. The van der Waals surface area contributed by atoms with Crippen LogP contribution in [0.15, 0.2) is 35.1 Å². The van der Waals surface area contributed by atoms with Gasteiger partial charge in [-0.2, -0.15) is 0 Å². The maximum absolute atomic E-state index is 12.8. The lowest BCUT2D eigenvalue weighted by Crippen LogP contribution is -2.42. The van der Waals surface area contributed by atoms with Crippen molar-refractivity contribution in [1.82, 2.24) is 14.8 Å². The number of pyridine rings is 1. The molecule has 0 bridgehead atoms. The van der Waals surface area contributed by atoms with Gasteiger partial charge in [0, 0.05) is 37.1 Å². The van der Waals surface area contributed by atoms with Gasteiger partial charge in [0.25, 0.3) is 5.56 Å². The van der Waals surface area contributed by atoms with E-state index in [9.17, 15) is 9.59 Å². The van der Waals surface area contributed by atoms with Crippen LogP contribution in [0.25, 0.3) is 10.9 Å². The number of para-hydroxylation sites is 1. The Kier molecular flexibility index (Phi) is 3.45. The van der Waals surface area contributed by atoms with E-state index in [4.69, 9.17) is 0 Å². The Morgan fingerprint density at radius 3 is 3.00 bits per heavy atom. The number of likely N-dealkylation sites (tertiary alicyclic amines) is 1. The van der Waals surface area contributed by atoms with E-state index in [1.54, 1.807) is 10.6 Å². The van der Waals surface area contributed by atoms with E-state index in [1.165, 1.54) is 0 Å². The summed E-state index contributed by atoms with van der Waals surface area (Å²) in [6, 6.07) is 9.71. The van der Waals surface area contributed by atoms with Gasteiger partial charge in [0.05, 0.1) is 5.52 Å². The van der Waals surface area contributed by atoms with Gasteiger partial charge in [0.1, 0.15) is 6.54 Å². The first-order valence-corrected chi connectivity index (χ1v) is 8.24. The van der Waals surface area contributed by atoms with Gasteiger partial charge in [-0.25, -0.2) is 0 Å². The maximum Gasteiger partial charge on any atom is 0.251 e. The number of nitrogens with one attached hydrogen (secondary N) is 1. The van der Waals surface area contributed by atoms with Crippen molar-refractivity contribution < 1.29 is 4.79 Å². The second-order valence-corrected chi connectivity index (χ2v) is 6.63. The second-order valence-electron chi connectivity index (χ2n) is 6.63. The van der Waals surface area contributed by atoms with Crippen molar-refractivity contribution in [3.8, 4) is 0 Å². The van der Waals surface area contributed by atoms with E-state index in [0.717, 1.165) is 42.5 Å². The van der Waals surface area contributed by atoms with E-state index in [-0.39, 0.29) is 18.0 Å². The van der Waals surface area contributed by atoms with E-state index in [0.29, 0.717) is 12.0 Å². The average molecular weight is 311 g/mol. The molecule has 1 amide bonds. The normalized spacial score (nSPS) is 23.4. The molecule has 2 fully saturated rings. The predicted molar refractivity (Wildman–Crippen MR) is 89.4 cm³/mol. The summed E-state index contributed by atoms with van der Waals surface area (Å²) in [4.78, 5) is 27.2. The Hall–Kier alpha value is -2.14. The molecule has 2 saturated heterocycles. The Labute approximate surface area is 134 Å². The Bertz CT molecular complexity index is 827. The van der Waals surface area contributed by atoms with Gasteiger partial charge in [0.15, 0.2) is 0 Å². The van der Waals surface area contributed by atoms with Gasteiger partial charge < -0.3 is 10.2 Å². The molecule has 5 heteroatoms. The average Bonchev–Trinajstić information content (AvgIpc) is 3.14. The molecule has 0 saturated carbocycles. The Morgan fingerprint density at radius 1 is 1.30 bits per heavy atom. The van der Waals surface area contributed by atoms with Crippen LogP contribution in [0, 0.1) is 12.8 Å². The summed E-state index contributed by atoms with van der Waals surface area (Å²) in [6.07, 6.45) is 1.06. The van der Waals surface area contributed by atoms with Crippen molar-refractivity contribution >= 4 is 16.8 Å². The quantitative estimate of drug-likeness (QED) is 0.904. The molecule has 5 nitrogen and oxygen atoms in total. The van der Waals surface area contributed by atoms with Gasteiger partial charge in [-0.1, -0.05) is 18.2 Å². The minimum atomic E-state index is -0.102. The largest absolute Gasteiger partial charge is 0.337 e. The molecule has 2 atom stereocenters. The Morgan fingerprint density at radius 2 is 2.13 bits per heavy atom. The van der Waals surface area contributed by atoms with Gasteiger partial charge in [-0.05, 0) is 30.9 Å². The third-order valence-corrected chi connectivity index (χ3v) is 5.28. The maximum atomic E-state index is 12.8. The smallest absolute Gasteiger partial charge is 0.251 e. The number of fused-ring (bicyclic) bond motifs is 2. The van der Waals surface area contributed by atoms with Crippen molar-refractivity contribution in [1.29, 1.82) is 0 Å². The number of nitrogens with zero attached hydrogens (tertiary/aromatic N) is 2. The molecule has 0 aliphatic carbocycles. The number of carbonyl (C=O) groups is 1. The fourth-order valence-corrected chi connectivity index (χ4v) is 4.05. The first-order chi connectivity index (χ1) is 11.1. The lowest BCUT2D eigenvalue weighted by Gasteiger charge is -2.24. The van der Waals surface area contributed by atoms with Crippen LogP contribution in [0.5, 0.6) is 0 Å². The molecule has 2 aliphatic rings. The molecule has 0 radical (unpaired) electrons. The molecule has 1 aromatic heterocycles. The van der Waals surface area contributed by atoms with Crippen LogP contribution in [-0.4, -0.2) is 41.1 Å². The molecular formula is C18H21N3O2. The summed E-state index contributed by atoms with van der Waals surface area (Å²) in [5.74, 6) is 0.628. The zero-order valence-electron chi connectivity index (χ0n) is 13.3. The number of rotatable bonds is 2. The topological polar surface area (TPSA) is 54.3 Å². The van der Waals surface area contributed by atoms with Crippen LogP contribution in [-0.2, 0) is 11.3 Å². The number of hydrogen-bond acceptors (Lipinski definition) is 3. The summed E-state index contributed by atoms with van der Waals surface area (Å²) >= 11 is 0. The van der Waals surface area contributed by atoms with Crippen LogP contribution >= 0.6 is 0 Å². The Balaban J connectivity index is 1.68. The molecule has 2 aliphatic heterocycles. The van der Waals surface area contributed by atoms with Gasteiger partial charge in [-0.3, -0.25) is 14.2 Å². The highest BCUT2D eigenvalue weighted by atomic mass is 16.2. The van der Waals surface area contributed by atoms with Crippen LogP contribution in [0.4, 0.5) is 0 Å². The number of aryl methyl sites for hydroxylation is 1. The van der Waals surface area contributed by atoms with Gasteiger partial charge >= 0.3 is 0 Å². The minimum absolute atomic E-state index is 0.0531. The predicted octanol–water partition coefficient (Wildman–Crippen LogP) is 1.13. The summed E-state index contributed by atoms with van der Waals surface area (Å²) in [5, 5.41) is 4.39. The number of carbonyl (C=O) groups excluding carboxylic acids is 1. The third-order valence-electron chi connectivity index (χ3n) is 5.28. The third kappa shape index (κ3) is 2.36. The fourth-order valence-electron chi connectivity index (χ4n) is 4.05. The minimum Gasteiger partial charge on any atom is -0.337 e. The number of benzene rings is 1. The molecule has 23 heavy (non-hydrogen) atoms. The van der Waals surface area contributed by atoms with E-state index in [2.05, 4.69) is 5.32 Å². The number of amides is 1. The van der Waals surface area contributed by atoms with E-state index >= 15 is 0 Å². The fraction of sp³-hybridized carbons (Fsp3) is 0.444. The zero-order chi connectivity index (χ0) is 16.0. The van der Waals surface area contributed by atoms with Crippen molar-refractivity contribution in [2.75, 3.05) is 19.6 Å². The van der Waals surface area contributed by atoms with Crippen molar-refractivity contribution in [3.63, 3.8) is 0 Å². The summed E-state index contributed by atoms with van der Waals surface area (Å²) in [7, 11) is 0. The van der Waals surface area contributed by atoms with Crippen LogP contribution in [0.1, 0.15) is 12.0 Å². The summed E-state index contributed by atoms with van der Waals surface area (Å²) in [6.45, 7) is 4.75. The first-order valence-electron chi connectivity index (χ1n) is 8.24. The van der Waals surface area contributed by atoms with Gasteiger partial charge in [0.2, 0.25) is 5.91 Å². The van der Waals surface area contributed by atoms with Crippen molar-refractivity contribution in [2.45, 2.75) is 25.9 Å². The highest BCUT2D eigenvalue weighted by Crippen LogP contribution is 2.27. The highest BCUT2D eigenvalue weighted by Gasteiger charge is 2.39. The molecule has 0 spiro atoms. The number of aromatic nitrogens is 1. The molecule has 4 rings (SSSR count). The molecular weight excluding hydrogens is 290 g/mol. The molecule has 2 aromatic rings. The first kappa shape index (κ1) is 14.5. The molecule has 1 aromatic carbocycles. The van der Waals surface area contributed by atoms with Crippen LogP contribution < -0.4 is 10.9 Å². The number of hydrogen-bond donors (Lipinski definition) is 1. The van der Waals surface area contributed by atoms with E-state index < -0.39 is 0 Å². The second kappa shape index (κ2) is 5.49. The monoisotopic (exact) mass is 311 g/mol. The highest BCUT2D eigenvalue weighted by molar-refractivity contribution is 5.84. The van der Waals surface area contributed by atoms with Crippen molar-refractivity contribution in [3.05, 3.63) is 46.2 Å². The lowest BCUT2D eigenvalue weighted by atomic mass is 10.1. The standard InChI is InChI=1S/C18H21N3O2/c1-12-8-17(22)21(15-5-3-2-4-14(12)15)11-18(23)20-7-6-13-9-19-10-16(13)20/h2-5,8,13,16,19H,6-7,9-11H2,1H3/t13-,16+/m0/s1. The van der Waals surface area contributed by atoms with Crippen LogP contribution in [0.2, 0.25) is 0 Å². The molecule has 120 valence electrons.